The number of aliphatic hydroxyl groups excluding tert-OH is 2. The van der Waals surface area contributed by atoms with Crippen LogP contribution in [-0.4, -0.2) is 80.1 Å². The third-order valence-electron chi connectivity index (χ3n) is 5.13. The fourth-order valence-electron chi connectivity index (χ4n) is 3.41. The van der Waals surface area contributed by atoms with E-state index in [1.165, 1.54) is 12.7 Å². The van der Waals surface area contributed by atoms with Gasteiger partial charge < -0.3 is 30.9 Å². The number of nitrogens with one attached hydrogen (secondary N) is 1. The van der Waals surface area contributed by atoms with Gasteiger partial charge in [-0.1, -0.05) is 0 Å². The summed E-state index contributed by atoms with van der Waals surface area (Å²) in [5.74, 6) is 2.39. The second kappa shape index (κ2) is 7.92. The molecule has 11 heteroatoms. The maximum Gasteiger partial charge on any atom is 0.238 e. The van der Waals surface area contributed by atoms with Gasteiger partial charge in [0.2, 0.25) is 5.91 Å². The van der Waals surface area contributed by atoms with Crippen LogP contribution >= 0.6 is 0 Å². The monoisotopic (exact) mass is 403 g/mol. The number of carbonyl (C=O) groups is 1. The summed E-state index contributed by atoms with van der Waals surface area (Å²) >= 11 is 0. The molecule has 0 spiro atoms. The molecule has 3 heterocycles. The Morgan fingerprint density at radius 3 is 2.86 bits per heavy atom. The summed E-state index contributed by atoms with van der Waals surface area (Å²) < 4.78 is 7.44. The second-order valence-electron chi connectivity index (χ2n) is 7.35. The highest BCUT2D eigenvalue weighted by Crippen LogP contribution is 2.38. The maximum atomic E-state index is 12.4. The molecule has 3 rings (SSSR count). The van der Waals surface area contributed by atoms with Gasteiger partial charge in [0.15, 0.2) is 23.2 Å². The van der Waals surface area contributed by atoms with E-state index in [4.69, 9.17) is 16.9 Å². The maximum absolute atomic E-state index is 12.4. The molecule has 11 nitrogen and oxygen atoms in total. The van der Waals surface area contributed by atoms with Crippen LogP contribution < -0.4 is 16.0 Å². The van der Waals surface area contributed by atoms with Gasteiger partial charge in [-0.15, -0.1) is 12.3 Å². The second-order valence-corrected chi connectivity index (χ2v) is 7.35. The number of nitrogens with two attached hydrogens (primary N) is 1. The Bertz CT molecular complexity index is 940. The molecule has 29 heavy (non-hydrogen) atoms. The number of hydrogen-bond acceptors (Lipinski definition) is 9. The van der Waals surface area contributed by atoms with Crippen LogP contribution in [0.2, 0.25) is 0 Å². The van der Waals surface area contributed by atoms with Crippen molar-refractivity contribution in [3.05, 3.63) is 12.7 Å². The van der Waals surface area contributed by atoms with Gasteiger partial charge in [-0.05, 0) is 6.92 Å². The van der Waals surface area contributed by atoms with E-state index in [0.29, 0.717) is 17.0 Å². The molecule has 2 aromatic rings. The van der Waals surface area contributed by atoms with E-state index in [0.717, 1.165) is 0 Å². The third kappa shape index (κ3) is 3.51. The zero-order valence-electron chi connectivity index (χ0n) is 16.5. The van der Waals surface area contributed by atoms with Crippen molar-refractivity contribution >= 4 is 22.9 Å². The Kier molecular flexibility index (Phi) is 5.72. The van der Waals surface area contributed by atoms with Gasteiger partial charge in [0.25, 0.3) is 0 Å². The van der Waals surface area contributed by atoms with Gasteiger partial charge >= 0.3 is 0 Å². The zero-order valence-corrected chi connectivity index (χ0v) is 16.5. The molecule has 0 radical (unpaired) electrons. The van der Waals surface area contributed by atoms with Gasteiger partial charge in [-0.2, -0.15) is 0 Å². The minimum Gasteiger partial charge on any atom is -0.394 e. The molecule has 0 aromatic carbocycles. The Hall–Kier alpha value is -2.78. The van der Waals surface area contributed by atoms with Crippen LogP contribution in [0.15, 0.2) is 12.7 Å². The van der Waals surface area contributed by atoms with Crippen molar-refractivity contribution < 1.29 is 19.7 Å². The minimum absolute atomic E-state index is 0.0441. The van der Waals surface area contributed by atoms with Crippen molar-refractivity contribution in [1.82, 2.24) is 24.8 Å². The van der Waals surface area contributed by atoms with E-state index in [2.05, 4.69) is 26.2 Å². The SMILES string of the molecule is C#CC[C@H](N)C(=O)NC1(C)[C@H](O)[C@H](n2cnc3c(N(C)C)ncnc32)O[C@@H]1CO. The lowest BCUT2D eigenvalue weighted by molar-refractivity contribution is -0.126. The standard InChI is InChI=1S/C18H25N7O4/c1-5-6-10(19)16(28)23-18(2)11(7-26)29-17(13(18)27)25-9-22-12-14(24(3)4)20-8-21-15(12)25/h1,8-11,13,17,26-27H,6-7,19H2,2-4H3,(H,23,28)/t10-,11+,13+,17+,18?/m0/s1. The summed E-state index contributed by atoms with van der Waals surface area (Å²) in [6.07, 6.45) is 5.06. The van der Waals surface area contributed by atoms with Gasteiger partial charge in [-0.25, -0.2) is 15.0 Å². The van der Waals surface area contributed by atoms with Crippen LogP contribution in [0.4, 0.5) is 5.82 Å². The van der Waals surface area contributed by atoms with E-state index < -0.39 is 42.5 Å². The molecule has 1 fully saturated rings. The molecule has 1 unspecified atom stereocenters. The summed E-state index contributed by atoms with van der Waals surface area (Å²) in [5.41, 5.74) is 5.44. The van der Waals surface area contributed by atoms with Crippen LogP contribution in [-0.2, 0) is 9.53 Å². The number of hydrogen-bond donors (Lipinski definition) is 4. The highest BCUT2D eigenvalue weighted by Gasteiger charge is 2.55. The summed E-state index contributed by atoms with van der Waals surface area (Å²) in [6, 6.07) is -0.938. The summed E-state index contributed by atoms with van der Waals surface area (Å²) in [7, 11) is 3.66. The number of imidazole rings is 1. The molecule has 5 atom stereocenters. The van der Waals surface area contributed by atoms with Gasteiger partial charge in [0, 0.05) is 20.5 Å². The number of aliphatic hydroxyl groups is 2. The zero-order chi connectivity index (χ0) is 21.3. The van der Waals surface area contributed by atoms with Crippen molar-refractivity contribution in [1.29, 1.82) is 0 Å². The lowest BCUT2D eigenvalue weighted by Gasteiger charge is -2.33. The van der Waals surface area contributed by atoms with Crippen molar-refractivity contribution in [3.63, 3.8) is 0 Å². The molecule has 0 saturated carbocycles. The van der Waals surface area contributed by atoms with E-state index in [1.807, 2.05) is 14.1 Å². The highest BCUT2D eigenvalue weighted by molar-refractivity contribution is 5.83. The first-order valence-corrected chi connectivity index (χ1v) is 9.04. The number of ether oxygens (including phenoxy) is 1. The number of carbonyl (C=O) groups excluding carboxylic acids is 1. The quantitative estimate of drug-likeness (QED) is 0.417. The van der Waals surface area contributed by atoms with Crippen molar-refractivity contribution in [2.45, 2.75) is 43.4 Å². The van der Waals surface area contributed by atoms with Crippen molar-refractivity contribution in [2.24, 2.45) is 5.73 Å². The first kappa shape index (κ1) is 20.9. The molecular weight excluding hydrogens is 378 g/mol. The number of anilines is 1. The van der Waals surface area contributed by atoms with Gasteiger partial charge in [0.05, 0.1) is 24.5 Å². The number of fused-ring (bicyclic) bond motifs is 1. The van der Waals surface area contributed by atoms with Crippen LogP contribution in [0, 0.1) is 12.3 Å². The van der Waals surface area contributed by atoms with E-state index in [9.17, 15) is 15.0 Å². The molecular formula is C18H25N7O4. The highest BCUT2D eigenvalue weighted by atomic mass is 16.5. The fourth-order valence-corrected chi connectivity index (χ4v) is 3.41. The van der Waals surface area contributed by atoms with Crippen LogP contribution in [0.1, 0.15) is 19.6 Å². The van der Waals surface area contributed by atoms with Crippen LogP contribution in [0.3, 0.4) is 0 Å². The van der Waals surface area contributed by atoms with Crippen molar-refractivity contribution in [2.75, 3.05) is 25.6 Å². The van der Waals surface area contributed by atoms with Crippen molar-refractivity contribution in [3.8, 4) is 12.3 Å². The minimum atomic E-state index is -1.31. The fraction of sp³-hybridized carbons (Fsp3) is 0.556. The third-order valence-corrected chi connectivity index (χ3v) is 5.13. The Morgan fingerprint density at radius 1 is 1.52 bits per heavy atom. The number of rotatable bonds is 6. The molecule has 0 bridgehead atoms. The average molecular weight is 403 g/mol. The largest absolute Gasteiger partial charge is 0.394 e. The smallest absolute Gasteiger partial charge is 0.238 e. The predicted molar refractivity (Wildman–Crippen MR) is 105 cm³/mol. The number of nitrogens with zero attached hydrogens (tertiary/aromatic N) is 5. The topological polar surface area (TPSA) is 152 Å². The lowest BCUT2D eigenvalue weighted by atomic mass is 9.89. The Morgan fingerprint density at radius 2 is 2.24 bits per heavy atom. The number of terminal acetylenes is 1. The molecule has 1 saturated heterocycles. The molecule has 1 aliphatic rings. The van der Waals surface area contributed by atoms with E-state index in [-0.39, 0.29) is 6.42 Å². The summed E-state index contributed by atoms with van der Waals surface area (Å²) in [5, 5.41) is 23.5. The van der Waals surface area contributed by atoms with E-state index in [1.54, 1.807) is 16.4 Å². The first-order chi connectivity index (χ1) is 13.7. The van der Waals surface area contributed by atoms with Gasteiger partial charge in [0.1, 0.15) is 18.5 Å². The molecule has 1 amide bonds. The number of aromatic nitrogens is 4. The van der Waals surface area contributed by atoms with Crippen LogP contribution in [0.5, 0.6) is 0 Å². The first-order valence-electron chi connectivity index (χ1n) is 9.04. The lowest BCUT2D eigenvalue weighted by Crippen LogP contribution is -2.62. The molecule has 5 N–H and O–H groups in total. The molecule has 1 aliphatic heterocycles. The predicted octanol–water partition coefficient (Wildman–Crippen LogP) is -1.63. The number of amides is 1. The molecule has 0 aliphatic carbocycles. The molecule has 2 aromatic heterocycles. The Labute approximate surface area is 167 Å². The van der Waals surface area contributed by atoms with Crippen LogP contribution in [0.25, 0.3) is 11.2 Å². The van der Waals surface area contributed by atoms with E-state index >= 15 is 0 Å². The average Bonchev–Trinajstić information content (AvgIpc) is 3.21. The summed E-state index contributed by atoms with van der Waals surface area (Å²) in [6.45, 7) is 1.15. The Balaban J connectivity index is 1.95. The molecule has 156 valence electrons. The van der Waals surface area contributed by atoms with Gasteiger partial charge in [-0.3, -0.25) is 9.36 Å². The normalized spacial score (nSPS) is 27.6. The summed E-state index contributed by atoms with van der Waals surface area (Å²) in [4.78, 5) is 27.0.